The number of rotatable bonds is 2. The molecule has 102 valence electrons. The van der Waals surface area contributed by atoms with E-state index < -0.39 is 5.60 Å². The van der Waals surface area contributed by atoms with Crippen LogP contribution < -0.4 is 0 Å². The van der Waals surface area contributed by atoms with Crippen LogP contribution in [-0.4, -0.2) is 28.7 Å². The first-order chi connectivity index (χ1) is 9.14. The van der Waals surface area contributed by atoms with Crippen LogP contribution in [0.5, 0.6) is 0 Å². The van der Waals surface area contributed by atoms with Crippen molar-refractivity contribution >= 4 is 21.4 Å². The van der Waals surface area contributed by atoms with Gasteiger partial charge in [-0.25, -0.2) is 0 Å². The van der Waals surface area contributed by atoms with E-state index in [2.05, 4.69) is 34.5 Å². The van der Waals surface area contributed by atoms with E-state index in [1.165, 1.54) is 15.6 Å². The van der Waals surface area contributed by atoms with E-state index in [9.17, 15) is 5.11 Å². The zero-order chi connectivity index (χ0) is 13.3. The molecule has 0 amide bonds. The molecule has 19 heavy (non-hydrogen) atoms. The minimum absolute atomic E-state index is 0.467. The normalized spacial score (nSPS) is 25.6. The van der Waals surface area contributed by atoms with Crippen LogP contribution in [0.25, 0.3) is 10.1 Å². The summed E-state index contributed by atoms with van der Waals surface area (Å²) in [6, 6.07) is 8.63. The van der Waals surface area contributed by atoms with Gasteiger partial charge in [0.15, 0.2) is 0 Å². The minimum Gasteiger partial charge on any atom is -0.390 e. The maximum absolute atomic E-state index is 10.1. The van der Waals surface area contributed by atoms with E-state index >= 15 is 0 Å². The lowest BCUT2D eigenvalue weighted by molar-refractivity contribution is 0.0444. The van der Waals surface area contributed by atoms with Gasteiger partial charge in [0, 0.05) is 17.8 Å². The molecule has 1 aliphatic heterocycles. The van der Waals surface area contributed by atoms with Crippen LogP contribution in [0.3, 0.4) is 0 Å². The van der Waals surface area contributed by atoms with Gasteiger partial charge >= 0.3 is 0 Å². The molecular weight excluding hydrogens is 254 g/mol. The molecule has 1 atom stereocenters. The van der Waals surface area contributed by atoms with E-state index in [0.29, 0.717) is 0 Å². The van der Waals surface area contributed by atoms with Crippen molar-refractivity contribution in [3.63, 3.8) is 0 Å². The van der Waals surface area contributed by atoms with Gasteiger partial charge < -0.3 is 5.11 Å². The Labute approximate surface area is 118 Å². The Morgan fingerprint density at radius 1 is 1.26 bits per heavy atom. The summed E-state index contributed by atoms with van der Waals surface area (Å²) in [4.78, 5) is 2.48. The van der Waals surface area contributed by atoms with Crippen molar-refractivity contribution in [2.45, 2.75) is 38.3 Å². The molecule has 0 spiro atoms. The van der Waals surface area contributed by atoms with Crippen LogP contribution in [0.15, 0.2) is 29.6 Å². The molecule has 3 heteroatoms. The highest BCUT2D eigenvalue weighted by atomic mass is 32.1. The second kappa shape index (κ2) is 5.23. The largest absolute Gasteiger partial charge is 0.390 e. The van der Waals surface area contributed by atoms with Crippen molar-refractivity contribution in [1.82, 2.24) is 4.90 Å². The Hall–Kier alpha value is -0.900. The van der Waals surface area contributed by atoms with Crippen LogP contribution in [0.4, 0.5) is 0 Å². The number of fused-ring (bicyclic) bond motifs is 1. The monoisotopic (exact) mass is 275 g/mol. The molecule has 1 unspecified atom stereocenters. The summed E-state index contributed by atoms with van der Waals surface area (Å²) in [6.07, 6.45) is 2.90. The molecule has 0 saturated carbocycles. The molecule has 1 aromatic carbocycles. The average molecular weight is 275 g/mol. The lowest BCUT2D eigenvalue weighted by Gasteiger charge is -2.22. The lowest BCUT2D eigenvalue weighted by Crippen LogP contribution is -2.28. The van der Waals surface area contributed by atoms with Crippen LogP contribution in [0.1, 0.15) is 31.7 Å². The summed E-state index contributed by atoms with van der Waals surface area (Å²) >= 11 is 1.83. The van der Waals surface area contributed by atoms with E-state index in [1.54, 1.807) is 0 Å². The smallest absolute Gasteiger partial charge is 0.0632 e. The second-order valence-corrected chi connectivity index (χ2v) is 6.79. The van der Waals surface area contributed by atoms with Gasteiger partial charge in [0.1, 0.15) is 0 Å². The van der Waals surface area contributed by atoms with Gasteiger partial charge in [-0.1, -0.05) is 18.2 Å². The molecule has 3 rings (SSSR count). The topological polar surface area (TPSA) is 23.5 Å². The maximum atomic E-state index is 10.1. The van der Waals surface area contributed by atoms with E-state index in [-0.39, 0.29) is 0 Å². The molecule has 1 aromatic heterocycles. The Morgan fingerprint density at radius 3 is 3.00 bits per heavy atom. The zero-order valence-corrected chi connectivity index (χ0v) is 12.2. The molecule has 0 aliphatic carbocycles. The molecule has 2 aromatic rings. The van der Waals surface area contributed by atoms with Crippen LogP contribution >= 0.6 is 11.3 Å². The van der Waals surface area contributed by atoms with Crippen LogP contribution in [0.2, 0.25) is 0 Å². The van der Waals surface area contributed by atoms with Gasteiger partial charge in [-0.15, -0.1) is 11.3 Å². The fourth-order valence-corrected chi connectivity index (χ4v) is 3.83. The van der Waals surface area contributed by atoms with Gasteiger partial charge in [-0.3, -0.25) is 4.90 Å². The average Bonchev–Trinajstić information content (AvgIpc) is 2.70. The van der Waals surface area contributed by atoms with Gasteiger partial charge in [-0.2, -0.15) is 0 Å². The summed E-state index contributed by atoms with van der Waals surface area (Å²) in [5.41, 5.74) is 0.966. The first kappa shape index (κ1) is 13.1. The van der Waals surface area contributed by atoms with Crippen LogP contribution in [-0.2, 0) is 6.54 Å². The number of hydrogen-bond donors (Lipinski definition) is 1. The third-order valence-electron chi connectivity index (χ3n) is 4.11. The van der Waals surface area contributed by atoms with Crippen molar-refractivity contribution in [2.75, 3.05) is 13.1 Å². The van der Waals surface area contributed by atoms with Crippen molar-refractivity contribution in [2.24, 2.45) is 0 Å². The summed E-state index contributed by atoms with van der Waals surface area (Å²) < 4.78 is 1.37. The van der Waals surface area contributed by atoms with Crippen molar-refractivity contribution in [3.05, 3.63) is 35.2 Å². The van der Waals surface area contributed by atoms with E-state index in [1.807, 2.05) is 18.3 Å². The fraction of sp³-hybridized carbons (Fsp3) is 0.500. The van der Waals surface area contributed by atoms with E-state index in [4.69, 9.17) is 0 Å². The Bertz CT molecular complexity index is 561. The predicted octanol–water partition coefficient (Wildman–Crippen LogP) is 3.64. The minimum atomic E-state index is -0.467. The van der Waals surface area contributed by atoms with Gasteiger partial charge in [0.25, 0.3) is 0 Å². The summed E-state index contributed by atoms with van der Waals surface area (Å²) in [5, 5.41) is 13.8. The molecule has 1 saturated heterocycles. The second-order valence-electron chi connectivity index (χ2n) is 5.88. The first-order valence-corrected chi connectivity index (χ1v) is 7.92. The molecule has 0 radical (unpaired) electrons. The molecule has 2 nitrogen and oxygen atoms in total. The Morgan fingerprint density at radius 2 is 2.11 bits per heavy atom. The SMILES string of the molecule is CC1(O)CCCN(Cc2csc3ccccc23)CC1. The zero-order valence-electron chi connectivity index (χ0n) is 11.4. The highest BCUT2D eigenvalue weighted by Gasteiger charge is 2.25. The summed E-state index contributed by atoms with van der Waals surface area (Å²) in [5.74, 6) is 0. The van der Waals surface area contributed by atoms with Crippen molar-refractivity contribution in [1.29, 1.82) is 0 Å². The molecule has 1 aliphatic rings. The number of thiophene rings is 1. The predicted molar refractivity (Wildman–Crippen MR) is 81.6 cm³/mol. The summed E-state index contributed by atoms with van der Waals surface area (Å²) in [7, 11) is 0. The third kappa shape index (κ3) is 2.99. The lowest BCUT2D eigenvalue weighted by atomic mass is 9.98. The Balaban J connectivity index is 1.74. The van der Waals surface area contributed by atoms with E-state index in [0.717, 1.165) is 38.9 Å². The molecule has 1 N–H and O–H groups in total. The molecule has 2 heterocycles. The number of hydrogen-bond acceptors (Lipinski definition) is 3. The highest BCUT2D eigenvalue weighted by molar-refractivity contribution is 7.17. The first-order valence-electron chi connectivity index (χ1n) is 7.04. The molecule has 1 fully saturated rings. The Kier molecular flexibility index (Phi) is 3.61. The maximum Gasteiger partial charge on any atom is 0.0632 e. The number of likely N-dealkylation sites (tertiary alicyclic amines) is 1. The number of benzene rings is 1. The summed E-state index contributed by atoms with van der Waals surface area (Å²) in [6.45, 7) is 5.08. The highest BCUT2D eigenvalue weighted by Crippen LogP contribution is 2.28. The third-order valence-corrected chi connectivity index (χ3v) is 5.12. The van der Waals surface area contributed by atoms with Crippen LogP contribution in [0, 0.1) is 0 Å². The fourth-order valence-electron chi connectivity index (χ4n) is 2.87. The molecular formula is C16H21NOS. The molecule has 0 bridgehead atoms. The number of nitrogens with zero attached hydrogens (tertiary/aromatic N) is 1. The quantitative estimate of drug-likeness (QED) is 0.904. The number of aliphatic hydroxyl groups is 1. The van der Waals surface area contributed by atoms with Crippen molar-refractivity contribution in [3.8, 4) is 0 Å². The van der Waals surface area contributed by atoms with Gasteiger partial charge in [0.05, 0.1) is 5.60 Å². The van der Waals surface area contributed by atoms with Gasteiger partial charge in [0.2, 0.25) is 0 Å². The van der Waals surface area contributed by atoms with Crippen molar-refractivity contribution < 1.29 is 5.11 Å². The van der Waals surface area contributed by atoms with Gasteiger partial charge in [-0.05, 0) is 55.1 Å². The standard InChI is InChI=1S/C16H21NOS/c1-16(18)7-4-9-17(10-8-16)11-13-12-19-15-6-3-2-5-14(13)15/h2-3,5-6,12,18H,4,7-11H2,1H3.